The van der Waals surface area contributed by atoms with E-state index in [1.54, 1.807) is 42.5 Å². The number of carbonyl (C=O) groups excluding carboxylic acids is 3. The highest BCUT2D eigenvalue weighted by Gasteiger charge is 2.36. The summed E-state index contributed by atoms with van der Waals surface area (Å²) in [6, 6.07) is 9.82. The molecule has 33 heavy (non-hydrogen) atoms. The third-order valence-corrected chi connectivity index (χ3v) is 5.68. The summed E-state index contributed by atoms with van der Waals surface area (Å²) in [5, 5.41) is 2.81. The zero-order valence-electron chi connectivity index (χ0n) is 17.6. The molecule has 0 saturated carbocycles. The fourth-order valence-electron chi connectivity index (χ4n) is 2.91. The maximum atomic E-state index is 12.8. The summed E-state index contributed by atoms with van der Waals surface area (Å²) in [6.45, 7) is 5.62. The first-order chi connectivity index (χ1) is 15.8. The number of anilines is 1. The minimum atomic E-state index is -0.577. The SMILES string of the molecule is C=CCOc1c(Cl)cc(/C=C2/SC(=O)N(CC(=O)Nc3cccc(Cl)c3)C2=O)cc1OCC. The number of thioether (sulfide) groups is 1. The van der Waals surface area contributed by atoms with Gasteiger partial charge in [0, 0.05) is 10.7 Å². The molecule has 7 nitrogen and oxygen atoms in total. The number of carbonyl (C=O) groups is 3. The van der Waals surface area contributed by atoms with Gasteiger partial charge in [-0.1, -0.05) is 41.9 Å². The molecule has 0 spiro atoms. The Hall–Kier alpha value is -2.94. The summed E-state index contributed by atoms with van der Waals surface area (Å²) >= 11 is 13.0. The van der Waals surface area contributed by atoms with Gasteiger partial charge in [-0.2, -0.15) is 0 Å². The molecule has 2 aromatic rings. The fourth-order valence-corrected chi connectivity index (χ4v) is 4.22. The van der Waals surface area contributed by atoms with Crippen LogP contribution in [0.15, 0.2) is 54.0 Å². The number of ether oxygens (including phenoxy) is 2. The smallest absolute Gasteiger partial charge is 0.294 e. The van der Waals surface area contributed by atoms with Crippen molar-refractivity contribution in [1.29, 1.82) is 0 Å². The molecule has 3 amide bonds. The Bertz CT molecular complexity index is 1140. The van der Waals surface area contributed by atoms with E-state index >= 15 is 0 Å². The van der Waals surface area contributed by atoms with Crippen LogP contribution in [-0.4, -0.2) is 41.7 Å². The Labute approximate surface area is 205 Å². The van der Waals surface area contributed by atoms with Gasteiger partial charge in [0.1, 0.15) is 13.2 Å². The van der Waals surface area contributed by atoms with Crippen LogP contribution in [-0.2, 0) is 9.59 Å². The number of nitrogens with one attached hydrogen (secondary N) is 1. The number of amides is 3. The van der Waals surface area contributed by atoms with Crippen molar-refractivity contribution in [2.24, 2.45) is 0 Å². The molecule has 3 rings (SSSR count). The zero-order chi connectivity index (χ0) is 24.0. The van der Waals surface area contributed by atoms with Crippen molar-refractivity contribution in [3.05, 3.63) is 69.6 Å². The predicted molar refractivity (Wildman–Crippen MR) is 131 cm³/mol. The van der Waals surface area contributed by atoms with E-state index < -0.39 is 23.6 Å². The topological polar surface area (TPSA) is 84.9 Å². The molecule has 0 unspecified atom stereocenters. The van der Waals surface area contributed by atoms with E-state index in [1.165, 1.54) is 6.08 Å². The molecule has 1 aliphatic heterocycles. The largest absolute Gasteiger partial charge is 0.490 e. The Morgan fingerprint density at radius 2 is 2.00 bits per heavy atom. The predicted octanol–water partition coefficient (Wildman–Crippen LogP) is 5.63. The van der Waals surface area contributed by atoms with Gasteiger partial charge in [0.05, 0.1) is 16.5 Å². The second kappa shape index (κ2) is 11.3. The minimum Gasteiger partial charge on any atom is -0.490 e. The van der Waals surface area contributed by atoms with Gasteiger partial charge < -0.3 is 14.8 Å². The molecule has 2 aromatic carbocycles. The average Bonchev–Trinajstić information content (AvgIpc) is 3.00. The summed E-state index contributed by atoms with van der Waals surface area (Å²) in [4.78, 5) is 38.5. The first-order valence-corrected chi connectivity index (χ1v) is 11.4. The van der Waals surface area contributed by atoms with Crippen molar-refractivity contribution in [3.63, 3.8) is 0 Å². The molecule has 0 radical (unpaired) electrons. The molecule has 0 bridgehead atoms. The lowest BCUT2D eigenvalue weighted by Crippen LogP contribution is -2.36. The molecule has 172 valence electrons. The molecule has 0 aromatic heterocycles. The highest BCUT2D eigenvalue weighted by Crippen LogP contribution is 2.39. The summed E-state index contributed by atoms with van der Waals surface area (Å²) < 4.78 is 11.2. The minimum absolute atomic E-state index is 0.161. The summed E-state index contributed by atoms with van der Waals surface area (Å²) in [7, 11) is 0. The molecule has 1 N–H and O–H groups in total. The lowest BCUT2D eigenvalue weighted by Gasteiger charge is -2.14. The second-order valence-electron chi connectivity index (χ2n) is 6.69. The molecular weight excluding hydrogens is 487 g/mol. The van der Waals surface area contributed by atoms with Crippen LogP contribution in [0.5, 0.6) is 11.5 Å². The van der Waals surface area contributed by atoms with Crippen molar-refractivity contribution in [2.45, 2.75) is 6.92 Å². The van der Waals surface area contributed by atoms with Gasteiger partial charge in [-0.3, -0.25) is 19.3 Å². The third-order valence-electron chi connectivity index (χ3n) is 4.26. The van der Waals surface area contributed by atoms with Crippen molar-refractivity contribution in [2.75, 3.05) is 25.1 Å². The molecule has 1 heterocycles. The quantitative estimate of drug-likeness (QED) is 0.350. The van der Waals surface area contributed by atoms with Crippen LogP contribution < -0.4 is 14.8 Å². The van der Waals surface area contributed by atoms with E-state index in [9.17, 15) is 14.4 Å². The van der Waals surface area contributed by atoms with Gasteiger partial charge in [0.15, 0.2) is 11.5 Å². The van der Waals surface area contributed by atoms with Gasteiger partial charge in [-0.05, 0) is 60.7 Å². The second-order valence-corrected chi connectivity index (χ2v) is 8.53. The third kappa shape index (κ3) is 6.31. The highest BCUT2D eigenvalue weighted by atomic mass is 35.5. The normalized spacial score (nSPS) is 14.5. The van der Waals surface area contributed by atoms with E-state index in [-0.39, 0.29) is 16.5 Å². The van der Waals surface area contributed by atoms with Gasteiger partial charge in [-0.25, -0.2) is 0 Å². The molecule has 1 saturated heterocycles. The van der Waals surface area contributed by atoms with Gasteiger partial charge in [0.2, 0.25) is 5.91 Å². The van der Waals surface area contributed by atoms with Crippen molar-refractivity contribution < 1.29 is 23.9 Å². The molecular formula is C23H20Cl2N2O5S. The van der Waals surface area contributed by atoms with E-state index in [0.29, 0.717) is 34.4 Å². The molecule has 0 aliphatic carbocycles. The van der Waals surface area contributed by atoms with Gasteiger partial charge in [0.25, 0.3) is 11.1 Å². The summed E-state index contributed by atoms with van der Waals surface area (Å²) in [5.41, 5.74) is 1.01. The maximum Gasteiger partial charge on any atom is 0.294 e. The van der Waals surface area contributed by atoms with Crippen LogP contribution in [0, 0.1) is 0 Å². The van der Waals surface area contributed by atoms with E-state index in [1.807, 2.05) is 6.92 Å². The van der Waals surface area contributed by atoms with Crippen molar-refractivity contribution >= 4 is 63.8 Å². The first-order valence-electron chi connectivity index (χ1n) is 9.83. The number of nitrogens with zero attached hydrogens (tertiary/aromatic N) is 1. The standard InChI is InChI=1S/C23H20Cl2N2O5S/c1-3-8-32-21-17(25)9-14(10-18(21)31-4-2)11-19-22(29)27(23(30)33-19)13-20(28)26-16-7-5-6-15(24)12-16/h3,5-7,9-12H,1,4,8,13H2,2H3,(H,26,28)/b19-11+. The summed E-state index contributed by atoms with van der Waals surface area (Å²) in [6.07, 6.45) is 3.10. The fraction of sp³-hybridized carbons (Fsp3) is 0.174. The zero-order valence-corrected chi connectivity index (χ0v) is 19.9. The molecule has 1 fully saturated rings. The summed E-state index contributed by atoms with van der Waals surface area (Å²) in [5.74, 6) is -0.335. The number of benzene rings is 2. The van der Waals surface area contributed by atoms with E-state index in [2.05, 4.69) is 11.9 Å². The van der Waals surface area contributed by atoms with Crippen molar-refractivity contribution in [3.8, 4) is 11.5 Å². The van der Waals surface area contributed by atoms with E-state index in [4.69, 9.17) is 32.7 Å². The lowest BCUT2D eigenvalue weighted by molar-refractivity contribution is -0.127. The number of imide groups is 1. The highest BCUT2D eigenvalue weighted by molar-refractivity contribution is 8.18. The Morgan fingerprint density at radius 1 is 1.21 bits per heavy atom. The van der Waals surface area contributed by atoms with Crippen LogP contribution in [0.3, 0.4) is 0 Å². The van der Waals surface area contributed by atoms with Gasteiger partial charge >= 0.3 is 0 Å². The number of hydrogen-bond donors (Lipinski definition) is 1. The van der Waals surface area contributed by atoms with E-state index in [0.717, 1.165) is 16.7 Å². The van der Waals surface area contributed by atoms with Crippen LogP contribution in [0.4, 0.5) is 10.5 Å². The monoisotopic (exact) mass is 506 g/mol. The Morgan fingerprint density at radius 3 is 2.70 bits per heavy atom. The van der Waals surface area contributed by atoms with Crippen LogP contribution in [0.25, 0.3) is 6.08 Å². The first kappa shape index (κ1) is 24.7. The van der Waals surface area contributed by atoms with Crippen molar-refractivity contribution in [1.82, 2.24) is 4.90 Å². The lowest BCUT2D eigenvalue weighted by atomic mass is 10.1. The van der Waals surface area contributed by atoms with Crippen LogP contribution in [0.2, 0.25) is 10.0 Å². The average molecular weight is 507 g/mol. The van der Waals surface area contributed by atoms with Crippen LogP contribution >= 0.6 is 35.0 Å². The molecule has 10 heteroatoms. The van der Waals surface area contributed by atoms with Gasteiger partial charge in [-0.15, -0.1) is 0 Å². The maximum absolute atomic E-state index is 12.8. The Kier molecular flexibility index (Phi) is 8.43. The number of rotatable bonds is 9. The number of halogens is 2. The molecule has 1 aliphatic rings. The Balaban J connectivity index is 1.77. The number of hydrogen-bond acceptors (Lipinski definition) is 6. The van der Waals surface area contributed by atoms with Crippen LogP contribution in [0.1, 0.15) is 12.5 Å². The molecule has 0 atom stereocenters.